The van der Waals surface area contributed by atoms with Crippen LogP contribution in [0, 0.1) is 11.3 Å². The van der Waals surface area contributed by atoms with Crippen molar-refractivity contribution in [1.82, 2.24) is 4.31 Å². The number of nitrogens with zero attached hydrogens (tertiary/aromatic N) is 2. The predicted molar refractivity (Wildman–Crippen MR) is 79.3 cm³/mol. The lowest BCUT2D eigenvalue weighted by molar-refractivity contribution is -0.148. The minimum absolute atomic E-state index is 0.0858. The molecule has 1 fully saturated rings. The van der Waals surface area contributed by atoms with Gasteiger partial charge in [0.2, 0.25) is 10.0 Å². The van der Waals surface area contributed by atoms with Crippen LogP contribution in [-0.2, 0) is 19.6 Å². The van der Waals surface area contributed by atoms with Crippen molar-refractivity contribution in [3.05, 3.63) is 29.8 Å². The first kappa shape index (κ1) is 16.5. The minimum atomic E-state index is -3.78. The summed E-state index contributed by atoms with van der Waals surface area (Å²) in [6.07, 6.45) is 1.97. The molecule has 1 aliphatic heterocycles. The number of benzene rings is 1. The molecule has 22 heavy (non-hydrogen) atoms. The van der Waals surface area contributed by atoms with Crippen molar-refractivity contribution in [2.45, 2.75) is 37.1 Å². The Hall–Kier alpha value is -1.91. The highest BCUT2D eigenvalue weighted by molar-refractivity contribution is 7.89. The Bertz CT molecular complexity index is 676. The Labute approximate surface area is 130 Å². The van der Waals surface area contributed by atoms with Gasteiger partial charge in [0.05, 0.1) is 23.1 Å². The molecular weight excluding hydrogens is 304 g/mol. The average Bonchev–Trinajstić information content (AvgIpc) is 2.55. The number of piperidine rings is 1. The number of esters is 1. The summed E-state index contributed by atoms with van der Waals surface area (Å²) in [5, 5.41) is 8.78. The summed E-state index contributed by atoms with van der Waals surface area (Å²) in [5.74, 6) is -0.501. The van der Waals surface area contributed by atoms with Gasteiger partial charge in [-0.15, -0.1) is 0 Å². The summed E-state index contributed by atoms with van der Waals surface area (Å²) < 4.78 is 31.7. The van der Waals surface area contributed by atoms with E-state index < -0.39 is 22.0 Å². The van der Waals surface area contributed by atoms with Crippen LogP contribution in [-0.4, -0.2) is 37.9 Å². The summed E-state index contributed by atoms with van der Waals surface area (Å²) in [6, 6.07) is 6.87. The molecule has 6 nitrogen and oxygen atoms in total. The number of sulfonamides is 1. The van der Waals surface area contributed by atoms with E-state index in [0.29, 0.717) is 24.9 Å². The molecule has 1 unspecified atom stereocenters. The van der Waals surface area contributed by atoms with E-state index >= 15 is 0 Å². The lowest BCUT2D eigenvalue weighted by Gasteiger charge is -2.32. The van der Waals surface area contributed by atoms with Crippen LogP contribution >= 0.6 is 0 Å². The molecule has 0 aliphatic carbocycles. The minimum Gasteiger partial charge on any atom is -0.465 e. The fourth-order valence-corrected chi connectivity index (χ4v) is 4.15. The molecule has 1 aliphatic rings. The fraction of sp³-hybridized carbons (Fsp3) is 0.467. The summed E-state index contributed by atoms with van der Waals surface area (Å²) in [4.78, 5) is 12.1. The molecule has 0 bridgehead atoms. The first-order valence-corrected chi connectivity index (χ1v) is 8.63. The SMILES string of the molecule is CCOC(=O)C1CCCCN1S(=O)(=O)c1ccc(C#N)cc1. The van der Waals surface area contributed by atoms with Gasteiger partial charge in [0.1, 0.15) is 6.04 Å². The molecule has 0 amide bonds. The van der Waals surface area contributed by atoms with E-state index in [1.165, 1.54) is 28.6 Å². The molecule has 1 aromatic rings. The maximum atomic E-state index is 12.7. The zero-order valence-electron chi connectivity index (χ0n) is 12.4. The number of hydrogen-bond donors (Lipinski definition) is 0. The van der Waals surface area contributed by atoms with E-state index in [4.69, 9.17) is 10.00 Å². The Morgan fingerprint density at radius 3 is 2.64 bits per heavy atom. The monoisotopic (exact) mass is 322 g/mol. The van der Waals surface area contributed by atoms with Crippen LogP contribution in [0.2, 0.25) is 0 Å². The second-order valence-electron chi connectivity index (χ2n) is 5.02. The average molecular weight is 322 g/mol. The Morgan fingerprint density at radius 2 is 2.05 bits per heavy atom. The quantitative estimate of drug-likeness (QED) is 0.787. The number of ether oxygens (including phenoxy) is 1. The van der Waals surface area contributed by atoms with Crippen molar-refractivity contribution >= 4 is 16.0 Å². The second-order valence-corrected chi connectivity index (χ2v) is 6.91. The maximum Gasteiger partial charge on any atom is 0.324 e. The van der Waals surface area contributed by atoms with Crippen molar-refractivity contribution in [2.24, 2.45) is 0 Å². The van der Waals surface area contributed by atoms with Crippen LogP contribution in [0.15, 0.2) is 29.2 Å². The van der Waals surface area contributed by atoms with Gasteiger partial charge in [-0.3, -0.25) is 4.79 Å². The second kappa shape index (κ2) is 6.90. The smallest absolute Gasteiger partial charge is 0.324 e. The molecule has 0 aromatic heterocycles. The van der Waals surface area contributed by atoms with E-state index in [0.717, 1.165) is 6.42 Å². The summed E-state index contributed by atoms with van der Waals surface area (Å²) in [6.45, 7) is 2.21. The number of nitriles is 1. The first-order valence-electron chi connectivity index (χ1n) is 7.19. The largest absolute Gasteiger partial charge is 0.465 e. The third kappa shape index (κ3) is 3.29. The van der Waals surface area contributed by atoms with Gasteiger partial charge in [0, 0.05) is 6.54 Å². The Kier molecular flexibility index (Phi) is 5.16. The van der Waals surface area contributed by atoms with Crippen LogP contribution in [0.4, 0.5) is 0 Å². The van der Waals surface area contributed by atoms with Gasteiger partial charge in [0.15, 0.2) is 0 Å². The Balaban J connectivity index is 2.32. The standard InChI is InChI=1S/C15H18N2O4S/c1-2-21-15(18)14-5-3-4-10-17(14)22(19,20)13-8-6-12(11-16)7-9-13/h6-9,14H,2-5,10H2,1H3. The molecule has 0 radical (unpaired) electrons. The zero-order chi connectivity index (χ0) is 16.2. The third-order valence-electron chi connectivity index (χ3n) is 3.60. The topological polar surface area (TPSA) is 87.5 Å². The van der Waals surface area contributed by atoms with Crippen molar-refractivity contribution in [3.8, 4) is 6.07 Å². The highest BCUT2D eigenvalue weighted by atomic mass is 32.2. The van der Waals surface area contributed by atoms with E-state index in [-0.39, 0.29) is 11.5 Å². The number of rotatable bonds is 4. The van der Waals surface area contributed by atoms with Crippen LogP contribution in [0.5, 0.6) is 0 Å². The molecule has 1 heterocycles. The van der Waals surface area contributed by atoms with Gasteiger partial charge < -0.3 is 4.74 Å². The predicted octanol–water partition coefficient (Wildman–Crippen LogP) is 1.66. The lowest BCUT2D eigenvalue weighted by atomic mass is 10.1. The normalized spacial score (nSPS) is 19.4. The van der Waals surface area contributed by atoms with Crippen molar-refractivity contribution < 1.29 is 17.9 Å². The highest BCUT2D eigenvalue weighted by Gasteiger charge is 2.38. The van der Waals surface area contributed by atoms with Gasteiger partial charge >= 0.3 is 5.97 Å². The van der Waals surface area contributed by atoms with Crippen LogP contribution in [0.25, 0.3) is 0 Å². The molecular formula is C15H18N2O4S. The molecule has 7 heteroatoms. The maximum absolute atomic E-state index is 12.7. The molecule has 0 saturated carbocycles. The van der Waals surface area contributed by atoms with Crippen LogP contribution < -0.4 is 0 Å². The molecule has 1 saturated heterocycles. The molecule has 0 spiro atoms. The number of carbonyl (C=O) groups is 1. The van der Waals surface area contributed by atoms with Gasteiger partial charge in [-0.25, -0.2) is 8.42 Å². The van der Waals surface area contributed by atoms with E-state index in [2.05, 4.69) is 0 Å². The Morgan fingerprint density at radius 1 is 1.36 bits per heavy atom. The summed E-state index contributed by atoms with van der Waals surface area (Å²) in [5.41, 5.74) is 0.388. The van der Waals surface area contributed by atoms with Gasteiger partial charge in [-0.05, 0) is 50.5 Å². The van der Waals surface area contributed by atoms with Gasteiger partial charge in [-0.1, -0.05) is 0 Å². The van der Waals surface area contributed by atoms with Crippen molar-refractivity contribution in [3.63, 3.8) is 0 Å². The van der Waals surface area contributed by atoms with Crippen molar-refractivity contribution in [2.75, 3.05) is 13.2 Å². The lowest BCUT2D eigenvalue weighted by Crippen LogP contribution is -2.48. The van der Waals surface area contributed by atoms with E-state index in [9.17, 15) is 13.2 Å². The molecule has 2 rings (SSSR count). The molecule has 1 atom stereocenters. The van der Waals surface area contributed by atoms with Gasteiger partial charge in [-0.2, -0.15) is 9.57 Å². The zero-order valence-corrected chi connectivity index (χ0v) is 13.2. The molecule has 0 N–H and O–H groups in total. The molecule has 1 aromatic carbocycles. The van der Waals surface area contributed by atoms with E-state index in [1.54, 1.807) is 6.92 Å². The summed E-state index contributed by atoms with van der Waals surface area (Å²) in [7, 11) is -3.78. The highest BCUT2D eigenvalue weighted by Crippen LogP contribution is 2.26. The number of carbonyl (C=O) groups excluding carboxylic acids is 1. The number of hydrogen-bond acceptors (Lipinski definition) is 5. The summed E-state index contributed by atoms with van der Waals surface area (Å²) >= 11 is 0. The van der Waals surface area contributed by atoms with Gasteiger partial charge in [0.25, 0.3) is 0 Å². The first-order chi connectivity index (χ1) is 10.5. The molecule has 118 valence electrons. The van der Waals surface area contributed by atoms with Crippen LogP contribution in [0.3, 0.4) is 0 Å². The van der Waals surface area contributed by atoms with E-state index in [1.807, 2.05) is 6.07 Å². The fourth-order valence-electron chi connectivity index (χ4n) is 2.50. The third-order valence-corrected chi connectivity index (χ3v) is 5.52. The van der Waals surface area contributed by atoms with Crippen molar-refractivity contribution in [1.29, 1.82) is 5.26 Å². The van der Waals surface area contributed by atoms with Crippen LogP contribution in [0.1, 0.15) is 31.7 Å².